The number of anilines is 1. The molecule has 1 aromatic heterocycles. The fourth-order valence-corrected chi connectivity index (χ4v) is 2.97. The molecule has 0 bridgehead atoms. The van der Waals surface area contributed by atoms with E-state index in [2.05, 4.69) is 20.6 Å². The lowest BCUT2D eigenvalue weighted by Crippen LogP contribution is -2.45. The normalized spacial score (nSPS) is 16.9. The maximum absolute atomic E-state index is 13.9. The number of halogens is 3. The Morgan fingerprint density at radius 1 is 1.25 bits per heavy atom. The summed E-state index contributed by atoms with van der Waals surface area (Å²) >= 11 is 0. The number of hydrogen-bond acceptors (Lipinski definition) is 4. The molecule has 1 atom stereocenters. The summed E-state index contributed by atoms with van der Waals surface area (Å²) in [6, 6.07) is 6.46. The third-order valence-electron chi connectivity index (χ3n) is 4.35. The van der Waals surface area contributed by atoms with Gasteiger partial charge in [0.1, 0.15) is 12.4 Å². The summed E-state index contributed by atoms with van der Waals surface area (Å²) in [4.78, 5) is 10.2. The molecule has 0 spiro atoms. The molecule has 6 nitrogen and oxygen atoms in total. The summed E-state index contributed by atoms with van der Waals surface area (Å²) in [5, 5.41) is 6.38. The van der Waals surface area contributed by atoms with Gasteiger partial charge in [0.25, 0.3) is 0 Å². The minimum absolute atomic E-state index is 0.0970. The van der Waals surface area contributed by atoms with Gasteiger partial charge in [-0.2, -0.15) is 0 Å². The number of nitrogens with zero attached hydrogens (tertiary/aromatic N) is 3. The second-order valence-corrected chi connectivity index (χ2v) is 6.31. The molecule has 150 valence electrons. The van der Waals surface area contributed by atoms with Crippen LogP contribution in [0.5, 0.6) is 5.75 Å². The van der Waals surface area contributed by atoms with Crippen molar-refractivity contribution in [3.63, 3.8) is 0 Å². The molecule has 1 aliphatic heterocycles. The Labute approximate surface area is 161 Å². The van der Waals surface area contributed by atoms with Crippen LogP contribution >= 0.6 is 0 Å². The number of ether oxygens (including phenoxy) is 1. The molecule has 0 amide bonds. The first-order valence-electron chi connectivity index (χ1n) is 8.97. The number of aromatic nitrogens is 1. The average molecular weight is 393 g/mol. The molecule has 1 fully saturated rings. The molecule has 1 aromatic carbocycles. The number of hydrogen-bond donors (Lipinski definition) is 2. The van der Waals surface area contributed by atoms with Crippen molar-refractivity contribution < 1.29 is 17.9 Å². The fourth-order valence-electron chi connectivity index (χ4n) is 2.97. The number of aliphatic imine (C=N–C) groups is 1. The van der Waals surface area contributed by atoms with Gasteiger partial charge in [-0.1, -0.05) is 0 Å². The van der Waals surface area contributed by atoms with Crippen molar-refractivity contribution in [2.45, 2.75) is 12.5 Å². The van der Waals surface area contributed by atoms with Gasteiger partial charge in [0, 0.05) is 38.4 Å². The summed E-state index contributed by atoms with van der Waals surface area (Å²) in [5.41, 5.74) is 0. The molecule has 1 unspecified atom stereocenters. The zero-order valence-electron chi connectivity index (χ0n) is 15.5. The fraction of sp³-hybridized carbons (Fsp3) is 0.368. The molecule has 28 heavy (non-hydrogen) atoms. The van der Waals surface area contributed by atoms with Crippen molar-refractivity contribution in [2.24, 2.45) is 4.99 Å². The van der Waals surface area contributed by atoms with Gasteiger partial charge in [-0.15, -0.1) is 0 Å². The van der Waals surface area contributed by atoms with Crippen LogP contribution in [0, 0.1) is 17.5 Å². The van der Waals surface area contributed by atoms with E-state index in [1.165, 1.54) is 12.1 Å². The zero-order valence-corrected chi connectivity index (χ0v) is 15.5. The lowest BCUT2D eigenvalue weighted by Gasteiger charge is -2.20. The second-order valence-electron chi connectivity index (χ2n) is 6.31. The molecule has 0 radical (unpaired) electrons. The number of nitrogens with one attached hydrogen (secondary N) is 2. The molecular weight excluding hydrogens is 371 g/mol. The number of rotatable bonds is 6. The molecule has 0 saturated carbocycles. The standard InChI is InChI=1S/C19H22F3N5O/c1-23-19(25-8-10-28-14-4-5-15(20)17(22)11-14)26-13-6-9-27(12-13)18-16(21)3-2-7-24-18/h2-5,7,11,13H,6,8-10,12H2,1H3,(H2,23,25,26). The van der Waals surface area contributed by atoms with Gasteiger partial charge in [0.05, 0.1) is 6.54 Å². The van der Waals surface area contributed by atoms with Gasteiger partial charge in [-0.25, -0.2) is 18.2 Å². The maximum Gasteiger partial charge on any atom is 0.191 e. The lowest BCUT2D eigenvalue weighted by atomic mass is 10.3. The third kappa shape index (κ3) is 5.05. The van der Waals surface area contributed by atoms with Crippen LogP contribution in [0.4, 0.5) is 19.0 Å². The Morgan fingerprint density at radius 3 is 2.86 bits per heavy atom. The first-order valence-corrected chi connectivity index (χ1v) is 8.97. The van der Waals surface area contributed by atoms with E-state index in [0.717, 1.165) is 18.6 Å². The quantitative estimate of drug-likeness (QED) is 0.448. The predicted molar refractivity (Wildman–Crippen MR) is 101 cm³/mol. The van der Waals surface area contributed by atoms with Crippen LogP contribution in [0.25, 0.3) is 0 Å². The van der Waals surface area contributed by atoms with Crippen molar-refractivity contribution in [3.8, 4) is 5.75 Å². The van der Waals surface area contributed by atoms with E-state index in [9.17, 15) is 13.2 Å². The van der Waals surface area contributed by atoms with Crippen molar-refractivity contribution in [3.05, 3.63) is 54.0 Å². The highest BCUT2D eigenvalue weighted by atomic mass is 19.2. The van der Waals surface area contributed by atoms with Crippen LogP contribution in [0.1, 0.15) is 6.42 Å². The van der Waals surface area contributed by atoms with E-state index in [0.29, 0.717) is 31.4 Å². The Balaban J connectivity index is 1.42. The number of pyridine rings is 1. The average Bonchev–Trinajstić information content (AvgIpc) is 3.15. The first kappa shape index (κ1) is 19.8. The van der Waals surface area contributed by atoms with Crippen LogP contribution in [0.2, 0.25) is 0 Å². The smallest absolute Gasteiger partial charge is 0.191 e. The largest absolute Gasteiger partial charge is 0.492 e. The van der Waals surface area contributed by atoms with E-state index in [1.807, 2.05) is 4.90 Å². The van der Waals surface area contributed by atoms with Crippen LogP contribution in [-0.4, -0.2) is 50.3 Å². The predicted octanol–water partition coefficient (Wildman–Crippen LogP) is 2.32. The Morgan fingerprint density at radius 2 is 2.11 bits per heavy atom. The van der Waals surface area contributed by atoms with E-state index in [4.69, 9.17) is 4.74 Å². The van der Waals surface area contributed by atoms with Crippen molar-refractivity contribution >= 4 is 11.8 Å². The summed E-state index contributed by atoms with van der Waals surface area (Å²) in [5.74, 6) is -0.992. The SMILES string of the molecule is CN=C(NCCOc1ccc(F)c(F)c1)NC1CCN(c2ncccc2F)C1. The van der Waals surface area contributed by atoms with Crippen molar-refractivity contribution in [1.29, 1.82) is 0 Å². The molecular formula is C19H22F3N5O. The second kappa shape index (κ2) is 9.29. The van der Waals surface area contributed by atoms with Crippen LogP contribution in [-0.2, 0) is 0 Å². The Kier molecular flexibility index (Phi) is 6.57. The summed E-state index contributed by atoms with van der Waals surface area (Å²) in [7, 11) is 1.65. The van der Waals surface area contributed by atoms with Crippen LogP contribution < -0.4 is 20.3 Å². The molecule has 9 heteroatoms. The van der Waals surface area contributed by atoms with Gasteiger partial charge in [-0.05, 0) is 30.7 Å². The van der Waals surface area contributed by atoms with E-state index < -0.39 is 11.6 Å². The van der Waals surface area contributed by atoms with E-state index in [1.54, 1.807) is 19.3 Å². The first-order chi connectivity index (χ1) is 13.6. The Hall–Kier alpha value is -2.97. The number of guanidine groups is 1. The molecule has 2 heterocycles. The molecule has 0 aliphatic carbocycles. The van der Waals surface area contributed by atoms with Crippen molar-refractivity contribution in [2.75, 3.05) is 38.2 Å². The van der Waals surface area contributed by atoms with Gasteiger partial charge in [-0.3, -0.25) is 4.99 Å². The van der Waals surface area contributed by atoms with Crippen LogP contribution in [0.3, 0.4) is 0 Å². The maximum atomic E-state index is 13.9. The molecule has 2 aromatic rings. The molecule has 3 rings (SSSR count). The monoisotopic (exact) mass is 393 g/mol. The van der Waals surface area contributed by atoms with E-state index in [-0.39, 0.29) is 24.2 Å². The lowest BCUT2D eigenvalue weighted by molar-refractivity contribution is 0.318. The topological polar surface area (TPSA) is 61.8 Å². The minimum Gasteiger partial charge on any atom is -0.492 e. The number of benzene rings is 1. The molecule has 2 N–H and O–H groups in total. The van der Waals surface area contributed by atoms with Gasteiger partial charge in [0.15, 0.2) is 29.2 Å². The van der Waals surface area contributed by atoms with Gasteiger partial charge in [0.2, 0.25) is 0 Å². The Bertz CT molecular complexity index is 833. The molecule has 1 saturated heterocycles. The summed E-state index contributed by atoms with van der Waals surface area (Å²) < 4.78 is 45.3. The highest BCUT2D eigenvalue weighted by molar-refractivity contribution is 5.80. The summed E-state index contributed by atoms with van der Waals surface area (Å²) in [6.07, 6.45) is 2.40. The van der Waals surface area contributed by atoms with Gasteiger partial charge >= 0.3 is 0 Å². The zero-order chi connectivity index (χ0) is 19.9. The van der Waals surface area contributed by atoms with Crippen LogP contribution in [0.15, 0.2) is 41.5 Å². The van der Waals surface area contributed by atoms with E-state index >= 15 is 0 Å². The highest BCUT2D eigenvalue weighted by Crippen LogP contribution is 2.20. The molecule has 1 aliphatic rings. The highest BCUT2D eigenvalue weighted by Gasteiger charge is 2.25. The third-order valence-corrected chi connectivity index (χ3v) is 4.35. The van der Waals surface area contributed by atoms with Crippen molar-refractivity contribution in [1.82, 2.24) is 15.6 Å². The van der Waals surface area contributed by atoms with Gasteiger partial charge < -0.3 is 20.3 Å². The summed E-state index contributed by atoms with van der Waals surface area (Å²) in [6.45, 7) is 1.98. The minimum atomic E-state index is -0.946.